The maximum atomic E-state index is 11.6. The van der Waals surface area contributed by atoms with Gasteiger partial charge in [0.05, 0.1) is 6.61 Å². The van der Waals surface area contributed by atoms with Crippen LogP contribution in [0.4, 0.5) is 0 Å². The van der Waals surface area contributed by atoms with Crippen molar-refractivity contribution in [2.75, 3.05) is 6.61 Å². The van der Waals surface area contributed by atoms with Crippen LogP contribution < -0.4 is 11.2 Å². The number of rotatable bonds is 4. The summed E-state index contributed by atoms with van der Waals surface area (Å²) in [5.41, 5.74) is -0.766. The summed E-state index contributed by atoms with van der Waals surface area (Å²) in [6.45, 7) is 1.20. The molecular formula is C10H13N2O7P. The van der Waals surface area contributed by atoms with Crippen LogP contribution in [0.5, 0.6) is 0 Å². The second kappa shape index (κ2) is 5.47. The van der Waals surface area contributed by atoms with Crippen molar-refractivity contribution in [3.8, 4) is 0 Å². The van der Waals surface area contributed by atoms with Gasteiger partial charge >= 0.3 is 13.5 Å². The number of phosphoric acid groups is 1. The molecule has 2 rings (SSSR count). The van der Waals surface area contributed by atoms with Gasteiger partial charge < -0.3 is 14.5 Å². The number of aryl methyl sites for hydroxylation is 1. The SMILES string of the molecule is Cc1cn([C@H]2C=C[C@@H](COP(=O)(O)O)O2)c(=O)[nH]c1=O. The normalized spacial score (nSPS) is 22.4. The number of H-pyrrole nitrogens is 1. The van der Waals surface area contributed by atoms with E-state index in [0.29, 0.717) is 5.56 Å². The predicted octanol–water partition coefficient (Wildman–Crippen LogP) is -0.592. The number of nitrogens with one attached hydrogen (secondary N) is 1. The standard InChI is InChI=1S/C10H13N2O7P/c1-6-4-12(10(14)11-9(6)13)8-3-2-7(19-8)5-18-20(15,16)17/h2-4,7-8H,5H2,1H3,(H,11,13,14)(H2,15,16,17)/t7-,8+/m0/s1. The second-order valence-electron chi connectivity index (χ2n) is 4.21. The topological polar surface area (TPSA) is 131 Å². The molecule has 0 aliphatic carbocycles. The smallest absolute Gasteiger partial charge is 0.344 e. The Morgan fingerprint density at radius 1 is 1.45 bits per heavy atom. The van der Waals surface area contributed by atoms with Gasteiger partial charge in [-0.15, -0.1) is 0 Å². The van der Waals surface area contributed by atoms with E-state index in [1.165, 1.54) is 22.9 Å². The van der Waals surface area contributed by atoms with Gasteiger partial charge in [-0.05, 0) is 13.0 Å². The Labute approximate surface area is 112 Å². The lowest BCUT2D eigenvalue weighted by Gasteiger charge is -2.16. The lowest BCUT2D eigenvalue weighted by molar-refractivity contribution is -0.0105. The zero-order valence-corrected chi connectivity index (χ0v) is 11.3. The highest BCUT2D eigenvalue weighted by atomic mass is 31.2. The summed E-state index contributed by atoms with van der Waals surface area (Å²) >= 11 is 0. The first-order valence-corrected chi connectivity index (χ1v) is 7.15. The van der Waals surface area contributed by atoms with Crippen LogP contribution in [0.25, 0.3) is 0 Å². The van der Waals surface area contributed by atoms with Gasteiger partial charge in [0.25, 0.3) is 5.56 Å². The summed E-state index contributed by atoms with van der Waals surface area (Å²) in [5, 5.41) is 0. The highest BCUT2D eigenvalue weighted by Gasteiger charge is 2.25. The molecule has 0 spiro atoms. The van der Waals surface area contributed by atoms with Crippen molar-refractivity contribution < 1.29 is 23.6 Å². The molecule has 2 atom stereocenters. The quantitative estimate of drug-likeness (QED) is 0.500. The van der Waals surface area contributed by atoms with Crippen molar-refractivity contribution in [3.63, 3.8) is 0 Å². The van der Waals surface area contributed by atoms with Crippen molar-refractivity contribution >= 4 is 7.82 Å². The fraction of sp³-hybridized carbons (Fsp3) is 0.400. The van der Waals surface area contributed by atoms with Crippen LogP contribution in [0, 0.1) is 6.92 Å². The van der Waals surface area contributed by atoms with Crippen molar-refractivity contribution in [1.82, 2.24) is 9.55 Å². The van der Waals surface area contributed by atoms with Crippen molar-refractivity contribution in [2.24, 2.45) is 0 Å². The second-order valence-corrected chi connectivity index (χ2v) is 5.45. The van der Waals surface area contributed by atoms with Gasteiger partial charge in [0.15, 0.2) is 6.23 Å². The zero-order valence-electron chi connectivity index (χ0n) is 10.4. The first-order valence-electron chi connectivity index (χ1n) is 5.62. The number of hydrogen-bond acceptors (Lipinski definition) is 5. The zero-order chi connectivity index (χ0) is 14.9. The van der Waals surface area contributed by atoms with Crippen LogP contribution in [-0.4, -0.2) is 32.0 Å². The Balaban J connectivity index is 2.09. The highest BCUT2D eigenvalue weighted by molar-refractivity contribution is 7.46. The van der Waals surface area contributed by atoms with Gasteiger partial charge in [0.1, 0.15) is 6.10 Å². The Hall–Kier alpha value is -1.51. The molecule has 0 saturated carbocycles. The van der Waals surface area contributed by atoms with E-state index in [2.05, 4.69) is 9.51 Å². The van der Waals surface area contributed by atoms with Crippen molar-refractivity contribution in [3.05, 3.63) is 44.8 Å². The molecule has 2 heterocycles. The van der Waals surface area contributed by atoms with Gasteiger partial charge in [-0.3, -0.25) is 18.9 Å². The van der Waals surface area contributed by atoms with Crippen LogP contribution in [0.15, 0.2) is 27.9 Å². The molecule has 9 nitrogen and oxygen atoms in total. The van der Waals surface area contributed by atoms with Gasteiger partial charge in [-0.25, -0.2) is 9.36 Å². The van der Waals surface area contributed by atoms with E-state index in [1.54, 1.807) is 6.92 Å². The molecule has 10 heteroatoms. The minimum Gasteiger partial charge on any atom is -0.344 e. The molecule has 1 aromatic rings. The van der Waals surface area contributed by atoms with Crippen LogP contribution >= 0.6 is 7.82 Å². The summed E-state index contributed by atoms with van der Waals surface area (Å²) < 4.78 is 21.4. The Kier molecular flexibility index (Phi) is 4.07. The average molecular weight is 304 g/mol. The number of ether oxygens (including phenoxy) is 1. The molecule has 0 fully saturated rings. The molecule has 110 valence electrons. The Morgan fingerprint density at radius 3 is 2.80 bits per heavy atom. The van der Waals surface area contributed by atoms with Gasteiger partial charge in [0, 0.05) is 11.8 Å². The van der Waals surface area contributed by atoms with E-state index in [0.717, 1.165) is 0 Å². The lowest BCUT2D eigenvalue weighted by Crippen LogP contribution is -2.33. The van der Waals surface area contributed by atoms with Gasteiger partial charge in [-0.1, -0.05) is 6.08 Å². The minimum atomic E-state index is -4.56. The molecule has 0 aromatic carbocycles. The molecular weight excluding hydrogens is 291 g/mol. The van der Waals surface area contributed by atoms with Crippen molar-refractivity contribution in [2.45, 2.75) is 19.3 Å². The largest absolute Gasteiger partial charge is 0.469 e. The number of aromatic nitrogens is 2. The molecule has 1 aromatic heterocycles. The van der Waals surface area contributed by atoms with Crippen LogP contribution in [0.1, 0.15) is 11.8 Å². The monoisotopic (exact) mass is 304 g/mol. The summed E-state index contributed by atoms with van der Waals surface area (Å²) in [7, 11) is -4.56. The molecule has 0 amide bonds. The fourth-order valence-corrected chi connectivity index (χ4v) is 2.03. The average Bonchev–Trinajstić information content (AvgIpc) is 2.79. The molecule has 1 aliphatic heterocycles. The van der Waals surface area contributed by atoms with Crippen LogP contribution in [0.3, 0.4) is 0 Å². The van der Waals surface area contributed by atoms with E-state index in [1.807, 2.05) is 0 Å². The molecule has 0 radical (unpaired) electrons. The van der Waals surface area contributed by atoms with E-state index >= 15 is 0 Å². The maximum absolute atomic E-state index is 11.6. The highest BCUT2D eigenvalue weighted by Crippen LogP contribution is 2.36. The fourth-order valence-electron chi connectivity index (χ4n) is 1.69. The third-order valence-electron chi connectivity index (χ3n) is 2.63. The van der Waals surface area contributed by atoms with E-state index < -0.39 is 31.4 Å². The molecule has 0 bridgehead atoms. The van der Waals surface area contributed by atoms with Gasteiger partial charge in [-0.2, -0.15) is 0 Å². The summed E-state index contributed by atoms with van der Waals surface area (Å²) in [5.74, 6) is 0. The lowest BCUT2D eigenvalue weighted by atomic mass is 10.3. The van der Waals surface area contributed by atoms with E-state index in [-0.39, 0.29) is 6.61 Å². The number of hydrogen-bond donors (Lipinski definition) is 3. The Bertz CT molecular complexity index is 686. The predicted molar refractivity (Wildman–Crippen MR) is 67.1 cm³/mol. The van der Waals surface area contributed by atoms with E-state index in [9.17, 15) is 14.2 Å². The molecule has 20 heavy (non-hydrogen) atoms. The van der Waals surface area contributed by atoms with Crippen LogP contribution in [0.2, 0.25) is 0 Å². The third-order valence-corrected chi connectivity index (χ3v) is 3.12. The minimum absolute atomic E-state index is 0.339. The number of phosphoric ester groups is 1. The first kappa shape index (κ1) is 14.9. The van der Waals surface area contributed by atoms with Crippen LogP contribution in [-0.2, 0) is 13.8 Å². The molecule has 0 saturated heterocycles. The van der Waals surface area contributed by atoms with Crippen molar-refractivity contribution in [1.29, 1.82) is 0 Å². The molecule has 1 aliphatic rings. The summed E-state index contributed by atoms with van der Waals surface area (Å²) in [6.07, 6.45) is 2.96. The van der Waals surface area contributed by atoms with Gasteiger partial charge in [0.2, 0.25) is 0 Å². The maximum Gasteiger partial charge on any atom is 0.469 e. The molecule has 3 N–H and O–H groups in total. The summed E-state index contributed by atoms with van der Waals surface area (Å²) in [6, 6.07) is 0. The number of nitrogens with zero attached hydrogens (tertiary/aromatic N) is 1. The third kappa shape index (κ3) is 3.53. The van der Waals surface area contributed by atoms with E-state index in [4.69, 9.17) is 14.5 Å². The Morgan fingerprint density at radius 2 is 2.15 bits per heavy atom. The first-order chi connectivity index (χ1) is 9.26. The summed E-state index contributed by atoms with van der Waals surface area (Å²) in [4.78, 5) is 42.2. The molecule has 0 unspecified atom stereocenters. The number of aromatic amines is 1.